The van der Waals surface area contributed by atoms with Crippen LogP contribution in [0.5, 0.6) is 0 Å². The van der Waals surface area contributed by atoms with E-state index in [-0.39, 0.29) is 0 Å². The largest absolute Gasteiger partial charge is 0.342 e. The highest BCUT2D eigenvalue weighted by Gasteiger charge is 2.24. The Balaban J connectivity index is 1.78. The molecule has 15 heavy (non-hydrogen) atoms. The number of nitrogens with zero attached hydrogens (tertiary/aromatic N) is 1. The number of piperidine rings is 1. The Hall–Kier alpha value is -0.570. The van der Waals surface area contributed by atoms with Gasteiger partial charge >= 0.3 is 0 Å². The molecule has 0 aromatic heterocycles. The van der Waals surface area contributed by atoms with E-state index in [2.05, 4.69) is 17.1 Å². The van der Waals surface area contributed by atoms with Crippen LogP contribution in [-0.4, -0.2) is 37.0 Å². The van der Waals surface area contributed by atoms with Gasteiger partial charge in [0.2, 0.25) is 5.91 Å². The minimum atomic E-state index is 0.384. The van der Waals surface area contributed by atoms with Crippen LogP contribution < -0.4 is 5.32 Å². The van der Waals surface area contributed by atoms with Crippen molar-refractivity contribution in [2.24, 2.45) is 11.8 Å². The van der Waals surface area contributed by atoms with Gasteiger partial charge in [-0.3, -0.25) is 4.79 Å². The Morgan fingerprint density at radius 3 is 3.00 bits per heavy atom. The summed E-state index contributed by atoms with van der Waals surface area (Å²) in [5.41, 5.74) is 0. The third kappa shape index (κ3) is 2.94. The van der Waals surface area contributed by atoms with E-state index in [1.54, 1.807) is 0 Å². The zero-order valence-corrected chi connectivity index (χ0v) is 9.67. The number of rotatable bonds is 2. The van der Waals surface area contributed by atoms with Gasteiger partial charge in [0, 0.05) is 19.5 Å². The van der Waals surface area contributed by atoms with Crippen LogP contribution in [0.25, 0.3) is 0 Å². The number of hydrogen-bond donors (Lipinski definition) is 1. The average Bonchev–Trinajstić information content (AvgIpc) is 2.70. The molecule has 2 fully saturated rings. The second kappa shape index (κ2) is 4.97. The molecule has 0 aliphatic carbocycles. The molecule has 0 aromatic rings. The third-order valence-electron chi connectivity index (χ3n) is 3.64. The van der Waals surface area contributed by atoms with E-state index in [0.717, 1.165) is 32.6 Å². The molecule has 1 N–H and O–H groups in total. The van der Waals surface area contributed by atoms with Crippen LogP contribution in [0.3, 0.4) is 0 Å². The van der Waals surface area contributed by atoms with Gasteiger partial charge in [-0.15, -0.1) is 0 Å². The summed E-state index contributed by atoms with van der Waals surface area (Å²) < 4.78 is 0. The van der Waals surface area contributed by atoms with Gasteiger partial charge < -0.3 is 10.2 Å². The summed E-state index contributed by atoms with van der Waals surface area (Å²) in [6, 6.07) is 0. The van der Waals surface area contributed by atoms with Gasteiger partial charge in [-0.05, 0) is 44.2 Å². The van der Waals surface area contributed by atoms with E-state index < -0.39 is 0 Å². The van der Waals surface area contributed by atoms with E-state index in [4.69, 9.17) is 0 Å². The Kier molecular flexibility index (Phi) is 3.62. The standard InChI is InChI=1S/C12H22N2O/c1-10-3-2-6-14(9-10)12(15)7-11-4-5-13-8-11/h10-11,13H,2-9H2,1H3. The van der Waals surface area contributed by atoms with Gasteiger partial charge in [0.25, 0.3) is 0 Å². The monoisotopic (exact) mass is 210 g/mol. The zero-order valence-electron chi connectivity index (χ0n) is 9.67. The van der Waals surface area contributed by atoms with Crippen molar-refractivity contribution < 1.29 is 4.79 Å². The van der Waals surface area contributed by atoms with Crippen LogP contribution in [0.1, 0.15) is 32.6 Å². The first-order valence-electron chi connectivity index (χ1n) is 6.24. The van der Waals surface area contributed by atoms with E-state index in [9.17, 15) is 4.79 Å². The Bertz CT molecular complexity index is 224. The Morgan fingerprint density at radius 2 is 2.33 bits per heavy atom. The molecule has 2 atom stereocenters. The maximum atomic E-state index is 12.0. The minimum Gasteiger partial charge on any atom is -0.342 e. The molecule has 1 amide bonds. The molecule has 0 spiro atoms. The molecular formula is C12H22N2O. The van der Waals surface area contributed by atoms with Crippen molar-refractivity contribution in [2.45, 2.75) is 32.6 Å². The molecule has 2 rings (SSSR count). The van der Waals surface area contributed by atoms with Crippen LogP contribution in [-0.2, 0) is 4.79 Å². The average molecular weight is 210 g/mol. The van der Waals surface area contributed by atoms with Gasteiger partial charge in [-0.2, -0.15) is 0 Å². The normalized spacial score (nSPS) is 31.9. The van der Waals surface area contributed by atoms with E-state index in [1.165, 1.54) is 19.3 Å². The van der Waals surface area contributed by atoms with Crippen molar-refractivity contribution >= 4 is 5.91 Å². The predicted octanol–water partition coefficient (Wildman–Crippen LogP) is 1.24. The van der Waals surface area contributed by atoms with Gasteiger partial charge in [0.05, 0.1) is 0 Å². The van der Waals surface area contributed by atoms with Crippen LogP contribution in [0.15, 0.2) is 0 Å². The number of amides is 1. The second-order valence-electron chi connectivity index (χ2n) is 5.15. The molecule has 2 aliphatic heterocycles. The summed E-state index contributed by atoms with van der Waals surface area (Å²) in [4.78, 5) is 14.1. The second-order valence-corrected chi connectivity index (χ2v) is 5.15. The van der Waals surface area contributed by atoms with Crippen molar-refractivity contribution in [3.8, 4) is 0 Å². The van der Waals surface area contributed by atoms with Crippen molar-refractivity contribution in [2.75, 3.05) is 26.2 Å². The van der Waals surface area contributed by atoms with Crippen molar-refractivity contribution in [1.29, 1.82) is 0 Å². The first-order chi connectivity index (χ1) is 7.25. The lowest BCUT2D eigenvalue weighted by atomic mass is 9.98. The molecule has 2 heterocycles. The SMILES string of the molecule is CC1CCCN(C(=O)CC2CCNC2)C1. The smallest absolute Gasteiger partial charge is 0.222 e. The maximum Gasteiger partial charge on any atom is 0.222 e. The lowest BCUT2D eigenvalue weighted by Crippen LogP contribution is -2.39. The summed E-state index contributed by atoms with van der Waals surface area (Å²) in [5, 5.41) is 3.32. The Labute approximate surface area is 92.2 Å². The molecule has 0 radical (unpaired) electrons. The topological polar surface area (TPSA) is 32.3 Å². The van der Waals surface area contributed by atoms with Crippen molar-refractivity contribution in [1.82, 2.24) is 10.2 Å². The highest BCUT2D eigenvalue weighted by atomic mass is 16.2. The fraction of sp³-hybridized carbons (Fsp3) is 0.917. The number of likely N-dealkylation sites (tertiary alicyclic amines) is 1. The summed E-state index contributed by atoms with van der Waals surface area (Å²) in [6.45, 7) is 6.35. The third-order valence-corrected chi connectivity index (χ3v) is 3.64. The molecular weight excluding hydrogens is 188 g/mol. The first-order valence-corrected chi connectivity index (χ1v) is 6.24. The molecule has 3 heteroatoms. The minimum absolute atomic E-state index is 0.384. The fourth-order valence-electron chi connectivity index (χ4n) is 2.68. The summed E-state index contributed by atoms with van der Waals surface area (Å²) >= 11 is 0. The molecule has 3 nitrogen and oxygen atoms in total. The first kappa shape index (κ1) is 10.9. The predicted molar refractivity (Wildman–Crippen MR) is 60.6 cm³/mol. The molecule has 2 aliphatic rings. The van der Waals surface area contributed by atoms with Crippen molar-refractivity contribution in [3.05, 3.63) is 0 Å². The van der Waals surface area contributed by atoms with Crippen LogP contribution >= 0.6 is 0 Å². The fourth-order valence-corrected chi connectivity index (χ4v) is 2.68. The molecule has 2 saturated heterocycles. The number of carbonyl (C=O) groups excluding carboxylic acids is 1. The molecule has 86 valence electrons. The summed E-state index contributed by atoms with van der Waals surface area (Å²) in [5.74, 6) is 1.68. The van der Waals surface area contributed by atoms with E-state index in [0.29, 0.717) is 17.7 Å². The molecule has 2 unspecified atom stereocenters. The number of carbonyl (C=O) groups is 1. The van der Waals surface area contributed by atoms with Crippen LogP contribution in [0.4, 0.5) is 0 Å². The van der Waals surface area contributed by atoms with Gasteiger partial charge in [-0.25, -0.2) is 0 Å². The van der Waals surface area contributed by atoms with Crippen LogP contribution in [0, 0.1) is 11.8 Å². The van der Waals surface area contributed by atoms with Crippen molar-refractivity contribution in [3.63, 3.8) is 0 Å². The molecule has 0 saturated carbocycles. The van der Waals surface area contributed by atoms with E-state index >= 15 is 0 Å². The highest BCUT2D eigenvalue weighted by molar-refractivity contribution is 5.76. The molecule has 0 bridgehead atoms. The lowest BCUT2D eigenvalue weighted by Gasteiger charge is -2.31. The van der Waals surface area contributed by atoms with Gasteiger partial charge in [0.15, 0.2) is 0 Å². The van der Waals surface area contributed by atoms with Crippen LogP contribution in [0.2, 0.25) is 0 Å². The number of hydrogen-bond acceptors (Lipinski definition) is 2. The summed E-state index contributed by atoms with van der Waals surface area (Å²) in [6.07, 6.45) is 4.42. The maximum absolute atomic E-state index is 12.0. The molecule has 0 aromatic carbocycles. The van der Waals surface area contributed by atoms with E-state index in [1.807, 2.05) is 0 Å². The van der Waals surface area contributed by atoms with Gasteiger partial charge in [0.1, 0.15) is 0 Å². The quantitative estimate of drug-likeness (QED) is 0.744. The van der Waals surface area contributed by atoms with Gasteiger partial charge in [-0.1, -0.05) is 6.92 Å². The lowest BCUT2D eigenvalue weighted by molar-refractivity contribution is -0.133. The zero-order chi connectivity index (χ0) is 10.7. The highest BCUT2D eigenvalue weighted by Crippen LogP contribution is 2.19. The number of nitrogens with one attached hydrogen (secondary N) is 1. The summed E-state index contributed by atoms with van der Waals surface area (Å²) in [7, 11) is 0. The Morgan fingerprint density at radius 1 is 1.47 bits per heavy atom.